The third-order valence-corrected chi connectivity index (χ3v) is 4.11. The van der Waals surface area contributed by atoms with Crippen LogP contribution in [-0.2, 0) is 11.3 Å². The van der Waals surface area contributed by atoms with E-state index >= 15 is 0 Å². The number of amides is 1. The van der Waals surface area contributed by atoms with Gasteiger partial charge in [0.1, 0.15) is 0 Å². The number of aromatic nitrogens is 2. The number of nitrogens with zero attached hydrogens (tertiary/aromatic N) is 3. The summed E-state index contributed by atoms with van der Waals surface area (Å²) in [5.74, 6) is 0.542. The standard InChI is InChI=1S/C21H32N6O/c1-7-22-20(24-14-19(28)25-21(4,5)6)23-13-18-15(2)26-27(16(18)3)17-11-9-8-10-12-17/h8-12H,7,13-14H2,1-6H3,(H,25,28)(H2,22,23,24). The van der Waals surface area contributed by atoms with E-state index in [1.165, 1.54) is 0 Å². The molecule has 0 radical (unpaired) electrons. The van der Waals surface area contributed by atoms with Gasteiger partial charge in [-0.25, -0.2) is 9.67 Å². The number of hydrogen-bond donors (Lipinski definition) is 3. The molecule has 0 fully saturated rings. The minimum Gasteiger partial charge on any atom is -0.357 e. The van der Waals surface area contributed by atoms with Gasteiger partial charge in [-0.3, -0.25) is 4.79 Å². The lowest BCUT2D eigenvalue weighted by molar-refractivity contribution is -0.121. The molecule has 0 unspecified atom stereocenters. The zero-order valence-electron chi connectivity index (χ0n) is 17.8. The maximum atomic E-state index is 12.0. The highest BCUT2D eigenvalue weighted by Crippen LogP contribution is 2.18. The van der Waals surface area contributed by atoms with Crippen molar-refractivity contribution in [1.29, 1.82) is 0 Å². The van der Waals surface area contributed by atoms with Crippen molar-refractivity contribution in [2.75, 3.05) is 13.1 Å². The lowest BCUT2D eigenvalue weighted by Crippen LogP contribution is -2.48. The van der Waals surface area contributed by atoms with Crippen LogP contribution in [0.5, 0.6) is 0 Å². The van der Waals surface area contributed by atoms with Crippen LogP contribution in [0.1, 0.15) is 44.6 Å². The molecule has 1 aromatic heterocycles. The predicted octanol–water partition coefficient (Wildman–Crippen LogP) is 2.46. The topological polar surface area (TPSA) is 83.3 Å². The third kappa shape index (κ3) is 6.11. The van der Waals surface area contributed by atoms with Crippen molar-refractivity contribution in [1.82, 2.24) is 25.7 Å². The van der Waals surface area contributed by atoms with Gasteiger partial charge in [0.05, 0.1) is 24.5 Å². The third-order valence-electron chi connectivity index (χ3n) is 4.11. The molecule has 0 saturated heterocycles. The summed E-state index contributed by atoms with van der Waals surface area (Å²) in [5, 5.41) is 13.9. The molecular formula is C21H32N6O. The molecule has 1 aromatic carbocycles. The molecule has 7 nitrogen and oxygen atoms in total. The highest BCUT2D eigenvalue weighted by molar-refractivity contribution is 5.86. The Morgan fingerprint density at radius 3 is 2.43 bits per heavy atom. The van der Waals surface area contributed by atoms with E-state index < -0.39 is 0 Å². The van der Waals surface area contributed by atoms with Gasteiger partial charge in [0.25, 0.3) is 0 Å². The monoisotopic (exact) mass is 384 g/mol. The molecule has 0 bridgehead atoms. The molecule has 2 rings (SSSR count). The van der Waals surface area contributed by atoms with Crippen LogP contribution in [0, 0.1) is 13.8 Å². The molecule has 0 aliphatic carbocycles. The van der Waals surface area contributed by atoms with Crippen LogP contribution in [-0.4, -0.2) is 40.3 Å². The quantitative estimate of drug-likeness (QED) is 0.528. The molecule has 0 aliphatic heterocycles. The second-order valence-corrected chi connectivity index (χ2v) is 7.74. The zero-order valence-corrected chi connectivity index (χ0v) is 17.8. The lowest BCUT2D eigenvalue weighted by Gasteiger charge is -2.21. The molecular weight excluding hydrogens is 352 g/mol. The fraction of sp³-hybridized carbons (Fsp3) is 0.476. The first kappa shape index (κ1) is 21.5. The van der Waals surface area contributed by atoms with Crippen LogP contribution >= 0.6 is 0 Å². The van der Waals surface area contributed by atoms with Gasteiger partial charge < -0.3 is 16.0 Å². The maximum absolute atomic E-state index is 12.0. The molecule has 0 spiro atoms. The van der Waals surface area contributed by atoms with Gasteiger partial charge in [-0.05, 0) is 53.7 Å². The minimum atomic E-state index is -0.255. The van der Waals surface area contributed by atoms with E-state index in [0.29, 0.717) is 19.0 Å². The second kappa shape index (κ2) is 9.39. The predicted molar refractivity (Wildman–Crippen MR) is 114 cm³/mol. The molecule has 2 aromatic rings. The summed E-state index contributed by atoms with van der Waals surface area (Å²) in [6.45, 7) is 13.3. The first-order valence-electron chi connectivity index (χ1n) is 9.65. The number of guanidine groups is 1. The highest BCUT2D eigenvalue weighted by Gasteiger charge is 2.15. The van der Waals surface area contributed by atoms with E-state index in [2.05, 4.69) is 33.0 Å². The van der Waals surface area contributed by atoms with E-state index in [4.69, 9.17) is 0 Å². The Kier molecular flexibility index (Phi) is 7.20. The van der Waals surface area contributed by atoms with Crippen molar-refractivity contribution >= 4 is 11.9 Å². The van der Waals surface area contributed by atoms with Crippen molar-refractivity contribution in [3.8, 4) is 5.69 Å². The summed E-state index contributed by atoms with van der Waals surface area (Å²) in [6, 6.07) is 10.1. The molecule has 28 heavy (non-hydrogen) atoms. The zero-order chi connectivity index (χ0) is 20.7. The Balaban J connectivity index is 2.10. The molecule has 3 N–H and O–H groups in total. The largest absolute Gasteiger partial charge is 0.357 e. The van der Waals surface area contributed by atoms with Gasteiger partial charge in [-0.2, -0.15) is 5.10 Å². The number of nitrogens with one attached hydrogen (secondary N) is 3. The lowest BCUT2D eigenvalue weighted by atomic mass is 10.1. The van der Waals surface area contributed by atoms with Crippen molar-refractivity contribution in [3.63, 3.8) is 0 Å². The van der Waals surface area contributed by atoms with Crippen LogP contribution < -0.4 is 16.0 Å². The Labute approximate surface area is 167 Å². The van der Waals surface area contributed by atoms with Crippen LogP contribution in [0.25, 0.3) is 5.69 Å². The summed E-state index contributed by atoms with van der Waals surface area (Å²) in [6.07, 6.45) is 0. The van der Waals surface area contributed by atoms with Crippen molar-refractivity contribution in [3.05, 3.63) is 47.3 Å². The number of carbonyl (C=O) groups is 1. The minimum absolute atomic E-state index is 0.0673. The number of benzene rings is 1. The molecule has 7 heteroatoms. The first-order chi connectivity index (χ1) is 13.2. The van der Waals surface area contributed by atoms with E-state index in [9.17, 15) is 4.79 Å². The van der Waals surface area contributed by atoms with E-state index in [-0.39, 0.29) is 18.0 Å². The van der Waals surface area contributed by atoms with Crippen LogP contribution in [0.4, 0.5) is 0 Å². The molecule has 152 valence electrons. The number of hydrogen-bond acceptors (Lipinski definition) is 3. The second-order valence-electron chi connectivity index (χ2n) is 7.74. The smallest absolute Gasteiger partial charge is 0.239 e. The Morgan fingerprint density at radius 2 is 1.82 bits per heavy atom. The fourth-order valence-corrected chi connectivity index (χ4v) is 2.85. The number of aryl methyl sites for hydroxylation is 1. The fourth-order valence-electron chi connectivity index (χ4n) is 2.85. The number of aliphatic imine (C=N–C) groups is 1. The summed E-state index contributed by atoms with van der Waals surface area (Å²) in [7, 11) is 0. The summed E-state index contributed by atoms with van der Waals surface area (Å²) < 4.78 is 1.94. The van der Waals surface area contributed by atoms with Gasteiger partial charge in [0, 0.05) is 23.3 Å². The Bertz CT molecular complexity index is 817. The van der Waals surface area contributed by atoms with Gasteiger partial charge >= 0.3 is 0 Å². The van der Waals surface area contributed by atoms with Gasteiger partial charge in [-0.1, -0.05) is 18.2 Å². The summed E-state index contributed by atoms with van der Waals surface area (Å²) in [4.78, 5) is 16.7. The summed E-state index contributed by atoms with van der Waals surface area (Å²) in [5.41, 5.74) is 3.87. The van der Waals surface area contributed by atoms with Gasteiger partial charge in [0.2, 0.25) is 5.91 Å². The van der Waals surface area contributed by atoms with Crippen LogP contribution in [0.2, 0.25) is 0 Å². The van der Waals surface area contributed by atoms with E-state index in [1.807, 2.05) is 69.6 Å². The Morgan fingerprint density at radius 1 is 1.14 bits per heavy atom. The first-order valence-corrected chi connectivity index (χ1v) is 9.65. The number of para-hydroxylation sites is 1. The van der Waals surface area contributed by atoms with Crippen LogP contribution in [0.3, 0.4) is 0 Å². The average Bonchev–Trinajstić information content (AvgIpc) is 2.91. The normalized spacial score (nSPS) is 12.0. The Hall–Kier alpha value is -2.83. The van der Waals surface area contributed by atoms with Crippen LogP contribution in [0.15, 0.2) is 35.3 Å². The number of carbonyl (C=O) groups excluding carboxylic acids is 1. The average molecular weight is 385 g/mol. The molecule has 0 atom stereocenters. The summed E-state index contributed by atoms with van der Waals surface area (Å²) >= 11 is 0. The number of rotatable bonds is 6. The highest BCUT2D eigenvalue weighted by atomic mass is 16.2. The van der Waals surface area contributed by atoms with Crippen molar-refractivity contribution in [2.45, 2.75) is 53.6 Å². The van der Waals surface area contributed by atoms with E-state index in [0.717, 1.165) is 22.6 Å². The molecule has 1 heterocycles. The molecule has 0 aliphatic rings. The van der Waals surface area contributed by atoms with Crippen molar-refractivity contribution < 1.29 is 4.79 Å². The molecule has 0 saturated carbocycles. The maximum Gasteiger partial charge on any atom is 0.239 e. The molecule has 1 amide bonds. The van der Waals surface area contributed by atoms with Gasteiger partial charge in [-0.15, -0.1) is 0 Å². The van der Waals surface area contributed by atoms with E-state index in [1.54, 1.807) is 0 Å². The SMILES string of the molecule is CCNC(=NCc1c(C)nn(-c2ccccc2)c1C)NCC(=O)NC(C)(C)C. The van der Waals surface area contributed by atoms with Gasteiger partial charge in [0.15, 0.2) is 5.96 Å². The van der Waals surface area contributed by atoms with Crippen molar-refractivity contribution in [2.24, 2.45) is 4.99 Å².